The van der Waals surface area contributed by atoms with Crippen LogP contribution in [-0.4, -0.2) is 42.3 Å². The lowest BCUT2D eigenvalue weighted by molar-refractivity contribution is 0.0927. The van der Waals surface area contributed by atoms with Crippen LogP contribution < -0.4 is 20.5 Å². The van der Waals surface area contributed by atoms with Crippen molar-refractivity contribution in [1.29, 1.82) is 0 Å². The van der Waals surface area contributed by atoms with E-state index in [1.54, 1.807) is 7.11 Å². The van der Waals surface area contributed by atoms with E-state index in [9.17, 15) is 9.59 Å². The fourth-order valence-corrected chi connectivity index (χ4v) is 2.94. The molecule has 1 aromatic carbocycles. The summed E-state index contributed by atoms with van der Waals surface area (Å²) < 4.78 is 5.42. The zero-order valence-corrected chi connectivity index (χ0v) is 13.5. The van der Waals surface area contributed by atoms with E-state index in [0.29, 0.717) is 6.54 Å². The molecule has 0 radical (unpaired) electrons. The van der Waals surface area contributed by atoms with Gasteiger partial charge in [0.05, 0.1) is 12.8 Å². The molecule has 1 saturated heterocycles. The Kier molecular flexibility index (Phi) is 4.79. The molecule has 7 heteroatoms. The maximum absolute atomic E-state index is 12.3. The van der Waals surface area contributed by atoms with Crippen LogP contribution in [0.3, 0.4) is 0 Å². The summed E-state index contributed by atoms with van der Waals surface area (Å²) >= 11 is 0. The van der Waals surface area contributed by atoms with Crippen molar-refractivity contribution in [3.05, 3.63) is 52.4 Å². The van der Waals surface area contributed by atoms with E-state index in [0.717, 1.165) is 30.8 Å². The zero-order chi connectivity index (χ0) is 16.9. The van der Waals surface area contributed by atoms with Crippen LogP contribution in [0.4, 0.5) is 5.69 Å². The maximum atomic E-state index is 12.3. The summed E-state index contributed by atoms with van der Waals surface area (Å²) in [5.74, 6) is 0.546. The first-order chi connectivity index (χ1) is 11.7. The number of ether oxygens (including phenoxy) is 1. The third-order valence-corrected chi connectivity index (χ3v) is 4.09. The van der Waals surface area contributed by atoms with Gasteiger partial charge < -0.3 is 15.0 Å². The molecule has 1 aliphatic heterocycles. The highest BCUT2D eigenvalue weighted by molar-refractivity contribution is 5.92. The Morgan fingerprint density at radius 1 is 1.33 bits per heavy atom. The minimum Gasteiger partial charge on any atom is -0.495 e. The van der Waals surface area contributed by atoms with Gasteiger partial charge in [-0.1, -0.05) is 12.1 Å². The molecule has 1 amide bonds. The van der Waals surface area contributed by atoms with E-state index in [1.165, 1.54) is 12.1 Å². The molecule has 7 nitrogen and oxygen atoms in total. The van der Waals surface area contributed by atoms with E-state index in [-0.39, 0.29) is 23.2 Å². The van der Waals surface area contributed by atoms with Gasteiger partial charge in [-0.25, -0.2) is 5.10 Å². The van der Waals surface area contributed by atoms with Gasteiger partial charge in [-0.15, -0.1) is 0 Å². The summed E-state index contributed by atoms with van der Waals surface area (Å²) in [5.41, 5.74) is 0.914. The van der Waals surface area contributed by atoms with E-state index in [4.69, 9.17) is 4.74 Å². The van der Waals surface area contributed by atoms with Crippen LogP contribution in [-0.2, 0) is 0 Å². The van der Waals surface area contributed by atoms with Crippen LogP contribution in [0.15, 0.2) is 41.2 Å². The maximum Gasteiger partial charge on any atom is 0.271 e. The number of amides is 1. The molecule has 3 rings (SSSR count). The number of anilines is 1. The van der Waals surface area contributed by atoms with Gasteiger partial charge in [0.25, 0.3) is 11.5 Å². The molecular formula is C17H20N4O3. The Morgan fingerprint density at radius 3 is 2.92 bits per heavy atom. The number of carbonyl (C=O) groups is 1. The Morgan fingerprint density at radius 2 is 2.17 bits per heavy atom. The fourth-order valence-electron chi connectivity index (χ4n) is 2.94. The third-order valence-electron chi connectivity index (χ3n) is 4.09. The lowest BCUT2D eigenvalue weighted by Gasteiger charge is -2.35. The molecule has 1 atom stereocenters. The van der Waals surface area contributed by atoms with Crippen molar-refractivity contribution >= 4 is 11.6 Å². The normalized spacial score (nSPS) is 17.4. The second kappa shape index (κ2) is 7.16. The Hall–Kier alpha value is -2.83. The molecule has 1 aliphatic rings. The molecule has 1 unspecified atom stereocenters. The van der Waals surface area contributed by atoms with Crippen molar-refractivity contribution in [2.75, 3.05) is 25.1 Å². The lowest BCUT2D eigenvalue weighted by atomic mass is 10.0. The molecule has 1 aromatic heterocycles. The standard InChI is InChI=1S/C17H20N4O3/c1-24-15-7-3-2-6-14(15)21-10-4-5-12(11-21)18-17(23)13-8-9-16(22)20-19-13/h2-3,6-9,12H,4-5,10-11H2,1H3,(H,18,23)(H,20,22). The Balaban J connectivity index is 1.68. The number of benzene rings is 1. The van der Waals surface area contributed by atoms with E-state index < -0.39 is 0 Å². The van der Waals surface area contributed by atoms with Crippen LogP contribution >= 0.6 is 0 Å². The van der Waals surface area contributed by atoms with Crippen LogP contribution in [0.2, 0.25) is 0 Å². The van der Waals surface area contributed by atoms with Crippen molar-refractivity contribution in [3.63, 3.8) is 0 Å². The number of para-hydroxylation sites is 2. The second-order valence-electron chi connectivity index (χ2n) is 5.74. The highest BCUT2D eigenvalue weighted by Gasteiger charge is 2.24. The largest absolute Gasteiger partial charge is 0.495 e. The first kappa shape index (κ1) is 16.0. The summed E-state index contributed by atoms with van der Waals surface area (Å²) in [6.07, 6.45) is 1.88. The van der Waals surface area contributed by atoms with E-state index in [1.807, 2.05) is 24.3 Å². The minimum atomic E-state index is -0.327. The number of nitrogens with zero attached hydrogens (tertiary/aromatic N) is 2. The summed E-state index contributed by atoms with van der Waals surface area (Å²) in [5, 5.41) is 9.03. The van der Waals surface area contributed by atoms with Gasteiger partial charge in [-0.3, -0.25) is 9.59 Å². The molecule has 24 heavy (non-hydrogen) atoms. The number of aromatic nitrogens is 2. The highest BCUT2D eigenvalue weighted by atomic mass is 16.5. The Labute approximate surface area is 139 Å². The summed E-state index contributed by atoms with van der Waals surface area (Å²) in [7, 11) is 1.66. The average Bonchev–Trinajstić information content (AvgIpc) is 2.62. The summed E-state index contributed by atoms with van der Waals surface area (Å²) in [6.45, 7) is 1.62. The number of H-pyrrole nitrogens is 1. The van der Waals surface area contributed by atoms with Gasteiger partial charge in [0.15, 0.2) is 0 Å². The van der Waals surface area contributed by atoms with Gasteiger partial charge in [0.2, 0.25) is 0 Å². The molecule has 1 fully saturated rings. The lowest BCUT2D eigenvalue weighted by Crippen LogP contribution is -2.48. The molecule has 0 aliphatic carbocycles. The van der Waals surface area contributed by atoms with E-state index in [2.05, 4.69) is 20.4 Å². The van der Waals surface area contributed by atoms with Crippen molar-refractivity contribution in [2.24, 2.45) is 0 Å². The number of hydrogen-bond acceptors (Lipinski definition) is 5. The van der Waals surface area contributed by atoms with Gasteiger partial charge in [-0.2, -0.15) is 5.10 Å². The van der Waals surface area contributed by atoms with Crippen molar-refractivity contribution in [2.45, 2.75) is 18.9 Å². The zero-order valence-electron chi connectivity index (χ0n) is 13.5. The van der Waals surface area contributed by atoms with Crippen LogP contribution in [0.5, 0.6) is 5.75 Å². The smallest absolute Gasteiger partial charge is 0.271 e. The number of carbonyl (C=O) groups excluding carboxylic acids is 1. The highest BCUT2D eigenvalue weighted by Crippen LogP contribution is 2.29. The second-order valence-corrected chi connectivity index (χ2v) is 5.74. The molecule has 2 N–H and O–H groups in total. The predicted octanol–water partition coefficient (Wildman–Crippen LogP) is 1.18. The first-order valence-electron chi connectivity index (χ1n) is 7.92. The quantitative estimate of drug-likeness (QED) is 0.880. The first-order valence-corrected chi connectivity index (χ1v) is 7.92. The summed E-state index contributed by atoms with van der Waals surface area (Å²) in [6, 6.07) is 10.6. The van der Waals surface area contributed by atoms with Gasteiger partial charge in [0.1, 0.15) is 11.4 Å². The molecular weight excluding hydrogens is 308 g/mol. The minimum absolute atomic E-state index is 0.0184. The Bertz CT molecular complexity index is 754. The average molecular weight is 328 g/mol. The number of nitrogens with one attached hydrogen (secondary N) is 2. The predicted molar refractivity (Wildman–Crippen MR) is 90.6 cm³/mol. The molecule has 2 aromatic rings. The molecule has 0 saturated carbocycles. The summed E-state index contributed by atoms with van der Waals surface area (Å²) in [4.78, 5) is 25.5. The van der Waals surface area contributed by atoms with Crippen LogP contribution in [0.25, 0.3) is 0 Å². The number of rotatable bonds is 4. The van der Waals surface area contributed by atoms with Crippen LogP contribution in [0, 0.1) is 0 Å². The van der Waals surface area contributed by atoms with Gasteiger partial charge >= 0.3 is 0 Å². The number of hydrogen-bond donors (Lipinski definition) is 2. The van der Waals surface area contributed by atoms with Crippen molar-refractivity contribution in [3.8, 4) is 5.75 Å². The van der Waals surface area contributed by atoms with E-state index >= 15 is 0 Å². The SMILES string of the molecule is COc1ccccc1N1CCCC(NC(=O)c2ccc(=O)[nH]n2)C1. The molecule has 126 valence electrons. The number of piperidine rings is 1. The molecule has 2 heterocycles. The van der Waals surface area contributed by atoms with Crippen molar-refractivity contribution in [1.82, 2.24) is 15.5 Å². The topological polar surface area (TPSA) is 87.3 Å². The monoisotopic (exact) mass is 328 g/mol. The fraction of sp³-hybridized carbons (Fsp3) is 0.353. The third kappa shape index (κ3) is 3.56. The van der Waals surface area contributed by atoms with Crippen molar-refractivity contribution < 1.29 is 9.53 Å². The number of aromatic amines is 1. The van der Waals surface area contributed by atoms with Crippen LogP contribution in [0.1, 0.15) is 23.3 Å². The number of methoxy groups -OCH3 is 1. The van der Waals surface area contributed by atoms with Gasteiger partial charge in [0, 0.05) is 25.2 Å². The molecule has 0 bridgehead atoms. The molecule has 0 spiro atoms. The van der Waals surface area contributed by atoms with Gasteiger partial charge in [-0.05, 0) is 31.0 Å².